The molecular weight excluding hydrogens is 479 g/mol. The Labute approximate surface area is 206 Å². The number of thioether (sulfide) groups is 1. The maximum Gasteiger partial charge on any atom is 0.416 e. The number of benzene rings is 2. The van der Waals surface area contributed by atoms with E-state index in [9.17, 15) is 22.8 Å². The van der Waals surface area contributed by atoms with Gasteiger partial charge in [0, 0.05) is 25.3 Å². The summed E-state index contributed by atoms with van der Waals surface area (Å²) in [5.74, 6) is 1.16. The first kappa shape index (κ1) is 25.2. The lowest BCUT2D eigenvalue weighted by molar-refractivity contribution is -0.137. The molecule has 2 aliphatic rings. The van der Waals surface area contributed by atoms with Crippen LogP contribution < -0.4 is 10.1 Å². The fraction of sp³-hybridized carbons (Fsp3) is 0.440. The van der Waals surface area contributed by atoms with Gasteiger partial charge in [-0.25, -0.2) is 4.79 Å². The van der Waals surface area contributed by atoms with Crippen LogP contribution in [0.1, 0.15) is 36.3 Å². The number of hydrogen-bond acceptors (Lipinski definition) is 4. The van der Waals surface area contributed by atoms with Crippen molar-refractivity contribution in [3.05, 3.63) is 59.7 Å². The smallest absolute Gasteiger partial charge is 0.416 e. The summed E-state index contributed by atoms with van der Waals surface area (Å²) in [6, 6.07) is 11.9. The lowest BCUT2D eigenvalue weighted by Crippen LogP contribution is -2.44. The van der Waals surface area contributed by atoms with Crippen LogP contribution in [0.15, 0.2) is 48.5 Å². The highest BCUT2D eigenvalue weighted by atomic mass is 32.2. The molecule has 2 aliphatic heterocycles. The van der Waals surface area contributed by atoms with Crippen molar-refractivity contribution in [3.63, 3.8) is 0 Å². The predicted molar refractivity (Wildman–Crippen MR) is 129 cm³/mol. The van der Waals surface area contributed by atoms with Crippen molar-refractivity contribution in [2.45, 2.75) is 36.6 Å². The van der Waals surface area contributed by atoms with Crippen LogP contribution in [0.5, 0.6) is 5.75 Å². The Morgan fingerprint density at radius 3 is 2.29 bits per heavy atom. The second kappa shape index (κ2) is 10.4. The summed E-state index contributed by atoms with van der Waals surface area (Å²) in [5.41, 5.74) is 0.621. The van der Waals surface area contributed by atoms with Gasteiger partial charge in [-0.05, 0) is 67.6 Å². The first-order valence-corrected chi connectivity index (χ1v) is 12.4. The lowest BCUT2D eigenvalue weighted by atomic mass is 9.96. The summed E-state index contributed by atoms with van der Waals surface area (Å²) in [6.07, 6.45) is -2.92. The molecule has 0 spiro atoms. The van der Waals surface area contributed by atoms with E-state index >= 15 is 0 Å². The molecule has 2 unspecified atom stereocenters. The van der Waals surface area contributed by atoms with Crippen molar-refractivity contribution < 1.29 is 27.5 Å². The van der Waals surface area contributed by atoms with Crippen LogP contribution in [-0.2, 0) is 11.0 Å². The molecule has 188 valence electrons. The molecule has 2 fully saturated rings. The molecule has 0 radical (unpaired) electrons. The Hall–Kier alpha value is -2.88. The molecule has 2 saturated heterocycles. The Morgan fingerprint density at radius 2 is 1.71 bits per heavy atom. The Kier molecular flexibility index (Phi) is 7.49. The van der Waals surface area contributed by atoms with Crippen LogP contribution in [0.25, 0.3) is 0 Å². The Bertz CT molecular complexity index is 1040. The highest BCUT2D eigenvalue weighted by Crippen LogP contribution is 2.44. The summed E-state index contributed by atoms with van der Waals surface area (Å²) in [5, 5.41) is 2.50. The van der Waals surface area contributed by atoms with Crippen LogP contribution in [0.4, 0.5) is 23.7 Å². The second-order valence-electron chi connectivity index (χ2n) is 8.83. The van der Waals surface area contributed by atoms with Crippen molar-refractivity contribution in [1.82, 2.24) is 9.80 Å². The van der Waals surface area contributed by atoms with Gasteiger partial charge in [-0.15, -0.1) is 11.8 Å². The number of nitrogens with zero attached hydrogens (tertiary/aromatic N) is 2. The zero-order chi connectivity index (χ0) is 25.2. The van der Waals surface area contributed by atoms with E-state index in [1.165, 1.54) is 12.1 Å². The number of alkyl halides is 3. The first-order chi connectivity index (χ1) is 16.7. The highest BCUT2D eigenvalue weighted by molar-refractivity contribution is 8.01. The molecule has 0 aromatic heterocycles. The van der Waals surface area contributed by atoms with Crippen molar-refractivity contribution in [2.75, 3.05) is 32.1 Å². The van der Waals surface area contributed by atoms with Gasteiger partial charge in [0.05, 0.1) is 17.9 Å². The average molecular weight is 508 g/mol. The van der Waals surface area contributed by atoms with E-state index in [2.05, 4.69) is 5.32 Å². The molecule has 0 aliphatic carbocycles. The normalized spacial score (nSPS) is 21.3. The quantitative estimate of drug-likeness (QED) is 0.571. The zero-order valence-electron chi connectivity index (χ0n) is 19.5. The number of hydrogen-bond donors (Lipinski definition) is 1. The number of methoxy groups -OCH3 is 1. The molecule has 10 heteroatoms. The highest BCUT2D eigenvalue weighted by Gasteiger charge is 2.40. The van der Waals surface area contributed by atoms with Crippen molar-refractivity contribution in [1.29, 1.82) is 0 Å². The SMILES string of the molecule is COc1ccc(C2SC(C)C(=O)N2CC2CCN(C(=O)Nc3ccc(C(F)(F)F)cc3)CC2)cc1. The van der Waals surface area contributed by atoms with E-state index in [1.807, 2.05) is 36.1 Å². The number of amides is 3. The summed E-state index contributed by atoms with van der Waals surface area (Å²) < 4.78 is 43.4. The number of halogens is 3. The second-order valence-corrected chi connectivity index (χ2v) is 10.3. The van der Waals surface area contributed by atoms with Gasteiger partial charge in [-0.1, -0.05) is 12.1 Å². The molecule has 2 atom stereocenters. The van der Waals surface area contributed by atoms with Gasteiger partial charge in [0.15, 0.2) is 0 Å². The van der Waals surface area contributed by atoms with Crippen LogP contribution in [0, 0.1) is 5.92 Å². The number of ether oxygens (including phenoxy) is 1. The molecule has 0 saturated carbocycles. The van der Waals surface area contributed by atoms with Crippen LogP contribution in [0.2, 0.25) is 0 Å². The topological polar surface area (TPSA) is 61.9 Å². The van der Waals surface area contributed by atoms with Crippen LogP contribution >= 0.6 is 11.8 Å². The van der Waals surface area contributed by atoms with Crippen molar-refractivity contribution >= 4 is 29.4 Å². The van der Waals surface area contributed by atoms with Gasteiger partial charge in [0.2, 0.25) is 5.91 Å². The summed E-state index contributed by atoms with van der Waals surface area (Å²) in [7, 11) is 1.62. The minimum atomic E-state index is -4.41. The van der Waals surface area contributed by atoms with Gasteiger partial charge in [0.1, 0.15) is 11.1 Å². The maximum absolute atomic E-state index is 12.9. The van der Waals surface area contributed by atoms with Gasteiger partial charge >= 0.3 is 12.2 Å². The third-order valence-electron chi connectivity index (χ3n) is 6.47. The van der Waals surface area contributed by atoms with Gasteiger partial charge in [-0.3, -0.25) is 4.79 Å². The van der Waals surface area contributed by atoms with E-state index < -0.39 is 11.7 Å². The molecule has 1 N–H and O–H groups in total. The first-order valence-electron chi connectivity index (χ1n) is 11.5. The number of rotatable bonds is 5. The van der Waals surface area contributed by atoms with Crippen LogP contribution in [0.3, 0.4) is 0 Å². The standard InChI is InChI=1S/C25H28F3N3O3S/c1-16-22(32)31(23(35-16)18-3-9-21(34-2)10-4-18)15-17-11-13-30(14-12-17)24(33)29-20-7-5-19(6-8-20)25(26,27)28/h3-10,16-17,23H,11-15H2,1-2H3,(H,29,33). The zero-order valence-corrected chi connectivity index (χ0v) is 20.4. The van der Waals surface area contributed by atoms with E-state index in [1.54, 1.807) is 23.8 Å². The van der Waals surface area contributed by atoms with Crippen LogP contribution in [-0.4, -0.2) is 53.7 Å². The maximum atomic E-state index is 12.9. The summed E-state index contributed by atoms with van der Waals surface area (Å²) in [6.45, 7) is 3.60. The number of likely N-dealkylation sites (tertiary alicyclic amines) is 1. The van der Waals surface area contributed by atoms with Gasteiger partial charge in [0.25, 0.3) is 0 Å². The molecule has 35 heavy (non-hydrogen) atoms. The molecule has 2 aromatic carbocycles. The summed E-state index contributed by atoms with van der Waals surface area (Å²) in [4.78, 5) is 29.1. The lowest BCUT2D eigenvalue weighted by Gasteiger charge is -2.35. The molecule has 2 heterocycles. The largest absolute Gasteiger partial charge is 0.497 e. The number of urea groups is 1. The van der Waals surface area contributed by atoms with E-state index in [-0.39, 0.29) is 28.5 Å². The molecule has 6 nitrogen and oxygen atoms in total. The minimum Gasteiger partial charge on any atom is -0.497 e. The van der Waals surface area contributed by atoms with Gasteiger partial charge in [-0.2, -0.15) is 13.2 Å². The summed E-state index contributed by atoms with van der Waals surface area (Å²) >= 11 is 1.64. The number of piperidine rings is 1. The molecule has 0 bridgehead atoms. The van der Waals surface area contributed by atoms with Crippen molar-refractivity contribution in [3.8, 4) is 5.75 Å². The Balaban J connectivity index is 1.32. The monoisotopic (exact) mass is 507 g/mol. The number of carbonyl (C=O) groups excluding carboxylic acids is 2. The molecule has 3 amide bonds. The fourth-order valence-electron chi connectivity index (χ4n) is 4.43. The van der Waals surface area contributed by atoms with E-state index in [0.29, 0.717) is 25.3 Å². The number of carbonyl (C=O) groups is 2. The molecule has 2 aromatic rings. The average Bonchev–Trinajstić information content (AvgIpc) is 3.12. The molecular formula is C25H28F3N3O3S. The third-order valence-corrected chi connectivity index (χ3v) is 7.86. The predicted octanol–water partition coefficient (Wildman–Crippen LogP) is 5.62. The Morgan fingerprint density at radius 1 is 1.09 bits per heavy atom. The molecule has 4 rings (SSSR count). The van der Waals surface area contributed by atoms with E-state index in [4.69, 9.17) is 4.74 Å². The number of nitrogens with one attached hydrogen (secondary N) is 1. The third kappa shape index (κ3) is 5.86. The minimum absolute atomic E-state index is 0.0515. The van der Waals surface area contributed by atoms with E-state index in [0.717, 1.165) is 36.3 Å². The fourth-order valence-corrected chi connectivity index (χ4v) is 5.72. The van der Waals surface area contributed by atoms with Crippen molar-refractivity contribution in [2.24, 2.45) is 5.92 Å². The van der Waals surface area contributed by atoms with Gasteiger partial charge < -0.3 is 19.9 Å². The number of anilines is 1.